The smallest absolute Gasteiger partial charge is 0.416 e. The summed E-state index contributed by atoms with van der Waals surface area (Å²) in [5.74, 6) is -0.0937. The van der Waals surface area contributed by atoms with E-state index in [0.717, 1.165) is 12.1 Å². The second kappa shape index (κ2) is 8.32. The average Bonchev–Trinajstić information content (AvgIpc) is 2.60. The molecule has 0 bridgehead atoms. The molecule has 0 spiro atoms. The Bertz CT molecular complexity index is 759. The Morgan fingerprint density at radius 1 is 1.08 bits per heavy atom. The Balaban J connectivity index is 1.72. The summed E-state index contributed by atoms with van der Waals surface area (Å²) in [6.07, 6.45) is -4.00. The SMILES string of the molecule is O=C(COc1ccc([N+](=O)[O-])cc1)NCCc1ccc(C(F)(F)F)cc1. The summed E-state index contributed by atoms with van der Waals surface area (Å²) in [6.45, 7) is -0.0291. The number of nitrogens with zero attached hydrogens (tertiary/aromatic N) is 1. The zero-order chi connectivity index (χ0) is 19.2. The molecule has 0 fully saturated rings. The lowest BCUT2D eigenvalue weighted by Gasteiger charge is -2.09. The van der Waals surface area contributed by atoms with Gasteiger partial charge in [0.2, 0.25) is 0 Å². The van der Waals surface area contributed by atoms with Crippen LogP contribution in [0.25, 0.3) is 0 Å². The number of hydrogen-bond acceptors (Lipinski definition) is 4. The van der Waals surface area contributed by atoms with Crippen molar-refractivity contribution in [2.75, 3.05) is 13.2 Å². The number of rotatable bonds is 7. The monoisotopic (exact) mass is 368 g/mol. The number of ether oxygens (including phenoxy) is 1. The van der Waals surface area contributed by atoms with Crippen LogP contribution in [0.15, 0.2) is 48.5 Å². The van der Waals surface area contributed by atoms with Gasteiger partial charge in [0.25, 0.3) is 11.6 Å². The topological polar surface area (TPSA) is 81.5 Å². The molecular weight excluding hydrogens is 353 g/mol. The van der Waals surface area contributed by atoms with Crippen LogP contribution in [0, 0.1) is 10.1 Å². The van der Waals surface area contributed by atoms with Crippen LogP contribution in [-0.4, -0.2) is 24.0 Å². The molecule has 1 N–H and O–H groups in total. The lowest BCUT2D eigenvalue weighted by Crippen LogP contribution is -2.30. The summed E-state index contributed by atoms with van der Waals surface area (Å²) < 4.78 is 42.6. The van der Waals surface area contributed by atoms with Crippen LogP contribution in [0.5, 0.6) is 5.75 Å². The van der Waals surface area contributed by atoms with Crippen molar-refractivity contribution < 1.29 is 27.6 Å². The molecule has 6 nitrogen and oxygen atoms in total. The Kier molecular flexibility index (Phi) is 6.16. The van der Waals surface area contributed by atoms with Crippen molar-refractivity contribution in [1.82, 2.24) is 5.32 Å². The number of halogens is 3. The third kappa shape index (κ3) is 5.76. The van der Waals surface area contributed by atoms with Crippen molar-refractivity contribution in [3.05, 3.63) is 69.8 Å². The minimum absolute atomic E-state index is 0.0849. The Labute approximate surface area is 146 Å². The summed E-state index contributed by atoms with van der Waals surface area (Å²) >= 11 is 0. The third-order valence-corrected chi connectivity index (χ3v) is 3.43. The van der Waals surface area contributed by atoms with Gasteiger partial charge in [0.1, 0.15) is 5.75 Å². The van der Waals surface area contributed by atoms with E-state index in [4.69, 9.17) is 4.74 Å². The van der Waals surface area contributed by atoms with Crippen molar-refractivity contribution in [2.45, 2.75) is 12.6 Å². The molecule has 0 saturated heterocycles. The lowest BCUT2D eigenvalue weighted by molar-refractivity contribution is -0.384. The first-order valence-electron chi connectivity index (χ1n) is 7.56. The maximum Gasteiger partial charge on any atom is 0.416 e. The molecule has 0 aromatic heterocycles. The zero-order valence-corrected chi connectivity index (χ0v) is 13.5. The summed E-state index contributed by atoms with van der Waals surface area (Å²) in [5.41, 5.74) is -0.144. The fraction of sp³-hybridized carbons (Fsp3) is 0.235. The molecule has 0 aliphatic rings. The molecule has 0 saturated carbocycles. The molecule has 2 aromatic rings. The van der Waals surface area contributed by atoms with Crippen molar-refractivity contribution in [1.29, 1.82) is 0 Å². The third-order valence-electron chi connectivity index (χ3n) is 3.43. The number of nitro benzene ring substituents is 1. The predicted molar refractivity (Wildman–Crippen MR) is 86.7 cm³/mol. The van der Waals surface area contributed by atoms with Crippen LogP contribution in [0.1, 0.15) is 11.1 Å². The lowest BCUT2D eigenvalue weighted by atomic mass is 10.1. The number of hydrogen-bond donors (Lipinski definition) is 1. The average molecular weight is 368 g/mol. The Hall–Kier alpha value is -3.10. The van der Waals surface area contributed by atoms with Gasteiger partial charge in [-0.3, -0.25) is 14.9 Å². The molecular formula is C17H15F3N2O4. The minimum atomic E-state index is -4.37. The number of carbonyl (C=O) groups is 1. The summed E-state index contributed by atoms with van der Waals surface area (Å²) in [6, 6.07) is 10.0. The van der Waals surface area contributed by atoms with E-state index in [1.807, 2.05) is 0 Å². The maximum absolute atomic E-state index is 12.5. The Morgan fingerprint density at radius 3 is 2.23 bits per heavy atom. The highest BCUT2D eigenvalue weighted by Crippen LogP contribution is 2.29. The first-order valence-corrected chi connectivity index (χ1v) is 7.56. The number of nitrogens with one attached hydrogen (secondary N) is 1. The van der Waals surface area contributed by atoms with E-state index in [0.29, 0.717) is 17.7 Å². The van der Waals surface area contributed by atoms with Gasteiger partial charge in [0.15, 0.2) is 6.61 Å². The standard InChI is InChI=1S/C17H15F3N2O4/c18-17(19,20)13-3-1-12(2-4-13)9-10-21-16(23)11-26-15-7-5-14(6-8-15)22(24)25/h1-8H,9-11H2,(H,21,23). The van der Waals surface area contributed by atoms with Gasteiger partial charge in [-0.25, -0.2) is 0 Å². The molecule has 0 unspecified atom stereocenters. The molecule has 0 atom stereocenters. The number of non-ortho nitro benzene ring substituents is 1. The molecule has 0 aliphatic carbocycles. The van der Waals surface area contributed by atoms with Gasteiger partial charge in [-0.2, -0.15) is 13.2 Å². The molecule has 9 heteroatoms. The largest absolute Gasteiger partial charge is 0.484 e. The van der Waals surface area contributed by atoms with Crippen molar-refractivity contribution in [2.24, 2.45) is 0 Å². The molecule has 0 heterocycles. The maximum atomic E-state index is 12.5. The highest BCUT2D eigenvalue weighted by atomic mass is 19.4. The number of nitro groups is 1. The van der Waals surface area contributed by atoms with Gasteiger partial charge < -0.3 is 10.1 Å². The van der Waals surface area contributed by atoms with E-state index < -0.39 is 22.6 Å². The molecule has 0 radical (unpaired) electrons. The van der Waals surface area contributed by atoms with Crippen LogP contribution in [0.4, 0.5) is 18.9 Å². The number of benzene rings is 2. The van der Waals surface area contributed by atoms with E-state index in [1.54, 1.807) is 0 Å². The number of alkyl halides is 3. The van der Waals surface area contributed by atoms with E-state index >= 15 is 0 Å². The molecule has 26 heavy (non-hydrogen) atoms. The fourth-order valence-corrected chi connectivity index (χ4v) is 2.07. The predicted octanol–water partition coefficient (Wildman–Crippen LogP) is 3.35. The van der Waals surface area contributed by atoms with Gasteiger partial charge in [-0.15, -0.1) is 0 Å². The van der Waals surface area contributed by atoms with Gasteiger partial charge in [0.05, 0.1) is 10.5 Å². The first-order chi connectivity index (χ1) is 12.3. The van der Waals surface area contributed by atoms with Crippen molar-refractivity contribution in [3.8, 4) is 5.75 Å². The van der Waals surface area contributed by atoms with Gasteiger partial charge in [-0.05, 0) is 36.2 Å². The van der Waals surface area contributed by atoms with Crippen LogP contribution < -0.4 is 10.1 Å². The van der Waals surface area contributed by atoms with Crippen molar-refractivity contribution >= 4 is 11.6 Å². The highest BCUT2D eigenvalue weighted by molar-refractivity contribution is 5.77. The Morgan fingerprint density at radius 2 is 1.69 bits per heavy atom. The van der Waals surface area contributed by atoms with E-state index in [9.17, 15) is 28.1 Å². The van der Waals surface area contributed by atoms with Crippen molar-refractivity contribution in [3.63, 3.8) is 0 Å². The number of carbonyl (C=O) groups excluding carboxylic acids is 1. The highest BCUT2D eigenvalue weighted by Gasteiger charge is 2.29. The molecule has 2 rings (SSSR count). The molecule has 2 aromatic carbocycles. The van der Waals surface area contributed by atoms with Crippen LogP contribution in [0.3, 0.4) is 0 Å². The van der Waals surface area contributed by atoms with Crippen LogP contribution in [-0.2, 0) is 17.4 Å². The summed E-state index contributed by atoms with van der Waals surface area (Å²) in [7, 11) is 0. The van der Waals surface area contributed by atoms with E-state index in [1.165, 1.54) is 36.4 Å². The van der Waals surface area contributed by atoms with Gasteiger partial charge in [-0.1, -0.05) is 12.1 Å². The second-order valence-electron chi connectivity index (χ2n) is 5.33. The molecule has 138 valence electrons. The fourth-order valence-electron chi connectivity index (χ4n) is 2.07. The quantitative estimate of drug-likeness (QED) is 0.600. The normalized spacial score (nSPS) is 11.0. The first kappa shape index (κ1) is 19.2. The van der Waals surface area contributed by atoms with Crippen LogP contribution in [0.2, 0.25) is 0 Å². The summed E-state index contributed by atoms with van der Waals surface area (Å²) in [5, 5.41) is 13.1. The molecule has 1 amide bonds. The van der Waals surface area contributed by atoms with E-state index in [-0.39, 0.29) is 18.8 Å². The zero-order valence-electron chi connectivity index (χ0n) is 13.5. The minimum Gasteiger partial charge on any atom is -0.484 e. The summed E-state index contributed by atoms with van der Waals surface area (Å²) in [4.78, 5) is 21.7. The van der Waals surface area contributed by atoms with Crippen LogP contribution >= 0.6 is 0 Å². The number of amides is 1. The molecule has 0 aliphatic heterocycles. The second-order valence-corrected chi connectivity index (χ2v) is 5.33. The van der Waals surface area contributed by atoms with E-state index in [2.05, 4.69) is 5.32 Å². The van der Waals surface area contributed by atoms with Gasteiger partial charge in [0, 0.05) is 18.7 Å². The van der Waals surface area contributed by atoms with Gasteiger partial charge >= 0.3 is 6.18 Å².